The van der Waals surface area contributed by atoms with Gasteiger partial charge in [-0.3, -0.25) is 0 Å². The third-order valence-electron chi connectivity index (χ3n) is 0.740. The van der Waals surface area contributed by atoms with Gasteiger partial charge in [-0.25, -0.2) is 0 Å². The van der Waals surface area contributed by atoms with Crippen LogP contribution in [0.2, 0.25) is 0 Å². The maximum absolute atomic E-state index is 4.85. The van der Waals surface area contributed by atoms with Crippen molar-refractivity contribution in [2.75, 3.05) is 7.11 Å². The minimum absolute atomic E-state index is 0. The van der Waals surface area contributed by atoms with E-state index in [4.69, 9.17) is 4.74 Å². The predicted octanol–water partition coefficient (Wildman–Crippen LogP) is -2.67. The van der Waals surface area contributed by atoms with Gasteiger partial charge in [-0.2, -0.15) is 0 Å². The van der Waals surface area contributed by atoms with Crippen molar-refractivity contribution in [3.8, 4) is 5.88 Å². The van der Waals surface area contributed by atoms with Gasteiger partial charge in [0.15, 0.2) is 0 Å². The third kappa shape index (κ3) is 2.61. The van der Waals surface area contributed by atoms with E-state index in [0.717, 1.165) is 24.2 Å². The molecule has 0 aliphatic heterocycles. The smallest absolute Gasteiger partial charge is 1.00 e. The van der Waals surface area contributed by atoms with Gasteiger partial charge in [0.05, 0.1) is 0 Å². The van der Waals surface area contributed by atoms with E-state index in [0.29, 0.717) is 0 Å². The van der Waals surface area contributed by atoms with E-state index in [1.54, 1.807) is 18.4 Å². The van der Waals surface area contributed by atoms with E-state index in [-0.39, 0.29) is 12.4 Å². The molecule has 9 heavy (non-hydrogen) atoms. The first-order valence-corrected chi connectivity index (χ1v) is 4.50. The summed E-state index contributed by atoms with van der Waals surface area (Å²) in [6.07, 6.45) is 0. The first-order valence-electron chi connectivity index (χ1n) is 2.14. The molecular weight excluding hydrogens is 211 g/mol. The van der Waals surface area contributed by atoms with Crippen molar-refractivity contribution in [3.63, 3.8) is 0 Å². The van der Waals surface area contributed by atoms with Crippen LogP contribution in [0.3, 0.4) is 0 Å². The average Bonchev–Trinajstić information content (AvgIpc) is 2.14. The Morgan fingerprint density at radius 3 is 2.67 bits per heavy atom. The molecule has 1 aromatic rings. The van der Waals surface area contributed by atoms with E-state index >= 15 is 0 Å². The number of ether oxygens (including phenoxy) is 1. The van der Waals surface area contributed by atoms with Gasteiger partial charge in [-0.1, -0.05) is 0 Å². The summed E-state index contributed by atoms with van der Waals surface area (Å²) in [4.78, 5) is 4.08. The Bertz CT molecular complexity index is 181. The van der Waals surface area contributed by atoms with Crippen molar-refractivity contribution >= 4 is 14.9 Å². The Balaban J connectivity index is 0.000000640. The zero-order valence-electron chi connectivity index (χ0n) is 4.93. The van der Waals surface area contributed by atoms with Gasteiger partial charge in [0.2, 0.25) is 0 Å². The minimum Gasteiger partial charge on any atom is -1.00 e. The fraction of sp³-hybridized carbons (Fsp3) is 0.250. The molecule has 0 saturated heterocycles. The zero-order valence-corrected chi connectivity index (χ0v) is 9.47. The van der Waals surface area contributed by atoms with Crippen LogP contribution in [0.15, 0.2) is 5.38 Å². The topological polar surface area (TPSA) is 22.1 Å². The molecule has 0 aliphatic carbocycles. The van der Waals surface area contributed by atoms with E-state index in [1.165, 1.54) is 3.60 Å². The standard InChI is InChI=1S/C4H4NOS.ClH.Zn/c1-6-4-2-7-3-5-4;;/h2H,1H3;1H;/q;;+1/p-1. The SMILES string of the molecule is COc1cs[c]([Zn+])n1.[Cl-]. The summed E-state index contributed by atoms with van der Waals surface area (Å²) in [7, 11) is 1.63. The van der Waals surface area contributed by atoms with Crippen LogP contribution in [-0.4, -0.2) is 12.1 Å². The second-order valence-electron chi connectivity index (χ2n) is 1.28. The fourth-order valence-corrected chi connectivity index (χ4v) is 1.77. The number of hydrogen-bond donors (Lipinski definition) is 0. The first kappa shape index (κ1) is 9.34. The molecule has 1 rings (SSSR count). The van der Waals surface area contributed by atoms with Crippen LogP contribution in [-0.2, 0) is 18.3 Å². The normalized spacial score (nSPS) is 8.33. The van der Waals surface area contributed by atoms with Crippen LogP contribution >= 0.6 is 11.3 Å². The molecule has 0 fully saturated rings. The number of methoxy groups -OCH3 is 1. The maximum Gasteiger partial charge on any atom is -1.00 e. The van der Waals surface area contributed by atoms with Crippen LogP contribution in [0.5, 0.6) is 5.88 Å². The Morgan fingerprint density at radius 1 is 1.78 bits per heavy atom. The Morgan fingerprint density at radius 2 is 2.44 bits per heavy atom. The molecular formula is C4H4ClNOSZn. The number of aromatic nitrogens is 1. The number of halogens is 1. The molecule has 0 bridgehead atoms. The van der Waals surface area contributed by atoms with E-state index in [1.807, 2.05) is 5.38 Å². The second kappa shape index (κ2) is 4.21. The van der Waals surface area contributed by atoms with Crippen molar-refractivity contribution in [3.05, 3.63) is 5.38 Å². The quantitative estimate of drug-likeness (QED) is 0.476. The molecule has 5 heteroatoms. The van der Waals surface area contributed by atoms with Crippen LogP contribution in [0.4, 0.5) is 0 Å². The maximum atomic E-state index is 4.85. The van der Waals surface area contributed by atoms with E-state index < -0.39 is 0 Å². The van der Waals surface area contributed by atoms with Gasteiger partial charge in [0, 0.05) is 0 Å². The van der Waals surface area contributed by atoms with Gasteiger partial charge in [-0.15, -0.1) is 0 Å². The summed E-state index contributed by atoms with van der Waals surface area (Å²) in [6.45, 7) is 0. The zero-order chi connectivity index (χ0) is 5.98. The monoisotopic (exact) mass is 213 g/mol. The van der Waals surface area contributed by atoms with Crippen molar-refractivity contribution in [1.82, 2.24) is 4.98 Å². The summed E-state index contributed by atoms with van der Waals surface area (Å²) in [6, 6.07) is 0. The molecule has 0 amide bonds. The number of nitrogens with zero attached hydrogens (tertiary/aromatic N) is 1. The van der Waals surface area contributed by atoms with Crippen LogP contribution in [0.25, 0.3) is 0 Å². The van der Waals surface area contributed by atoms with Gasteiger partial charge in [-0.05, 0) is 0 Å². The van der Waals surface area contributed by atoms with Gasteiger partial charge < -0.3 is 12.4 Å². The van der Waals surface area contributed by atoms with Crippen LogP contribution in [0, 0.1) is 0 Å². The Hall–Kier alpha value is 0.343. The molecule has 0 saturated carbocycles. The Kier molecular flexibility index (Phi) is 4.37. The predicted molar refractivity (Wildman–Crippen MR) is 28.3 cm³/mol. The second-order valence-corrected chi connectivity index (χ2v) is 4.71. The average molecular weight is 215 g/mol. The molecule has 0 aromatic carbocycles. The largest absolute Gasteiger partial charge is 1.00 e. The van der Waals surface area contributed by atoms with E-state index in [2.05, 4.69) is 4.98 Å². The number of rotatable bonds is 1. The van der Waals surface area contributed by atoms with Crippen molar-refractivity contribution < 1.29 is 35.4 Å². The summed E-state index contributed by atoms with van der Waals surface area (Å²) in [5.74, 6) is 0.747. The molecule has 0 radical (unpaired) electrons. The summed E-state index contributed by atoms with van der Waals surface area (Å²) in [5, 5.41) is 1.92. The summed E-state index contributed by atoms with van der Waals surface area (Å²) in [5.41, 5.74) is 0. The van der Waals surface area contributed by atoms with Gasteiger partial charge in [0.1, 0.15) is 0 Å². The molecule has 1 heterocycles. The van der Waals surface area contributed by atoms with E-state index in [9.17, 15) is 0 Å². The van der Waals surface area contributed by atoms with Crippen molar-refractivity contribution in [1.29, 1.82) is 0 Å². The fourth-order valence-electron chi connectivity index (χ4n) is 0.388. The molecule has 0 N–H and O–H groups in total. The van der Waals surface area contributed by atoms with Crippen LogP contribution in [0.1, 0.15) is 0 Å². The molecule has 0 atom stereocenters. The first-order chi connectivity index (χ1) is 3.83. The molecule has 1 aromatic heterocycles. The van der Waals surface area contributed by atoms with Gasteiger partial charge in [0.25, 0.3) is 0 Å². The molecule has 0 unspecified atom stereocenters. The molecule has 2 nitrogen and oxygen atoms in total. The molecule has 0 spiro atoms. The number of thiazole rings is 1. The van der Waals surface area contributed by atoms with Crippen LogP contribution < -0.4 is 20.7 Å². The summed E-state index contributed by atoms with van der Waals surface area (Å²) < 4.78 is 6.02. The third-order valence-corrected chi connectivity index (χ3v) is 2.80. The van der Waals surface area contributed by atoms with Gasteiger partial charge >= 0.3 is 61.3 Å². The molecule has 0 aliphatic rings. The van der Waals surface area contributed by atoms with Crippen molar-refractivity contribution in [2.45, 2.75) is 0 Å². The minimum atomic E-state index is 0. The molecule has 46 valence electrons. The van der Waals surface area contributed by atoms with Crippen molar-refractivity contribution in [2.24, 2.45) is 0 Å². The summed E-state index contributed by atoms with van der Waals surface area (Å²) >= 11 is 2.77. The Labute approximate surface area is 73.7 Å². The number of hydrogen-bond acceptors (Lipinski definition) is 3.